The molecule has 0 aromatic heterocycles. The number of benzene rings is 1. The number of hydrogen-bond acceptors (Lipinski definition) is 4. The van der Waals surface area contributed by atoms with Gasteiger partial charge in [-0.3, -0.25) is 4.79 Å². The second-order valence-electron chi connectivity index (χ2n) is 3.09. The van der Waals surface area contributed by atoms with E-state index in [-0.39, 0.29) is 5.76 Å². The molecule has 0 bridgehead atoms. The minimum atomic E-state index is -0.429. The van der Waals surface area contributed by atoms with E-state index in [1.807, 2.05) is 0 Å². The smallest absolute Gasteiger partial charge is 0.337 e. The van der Waals surface area contributed by atoms with Crippen molar-refractivity contribution in [3.05, 3.63) is 42.0 Å². The van der Waals surface area contributed by atoms with Crippen LogP contribution < -0.4 is 0 Å². The van der Waals surface area contributed by atoms with Crippen LogP contribution in [0.15, 0.2) is 30.8 Å². The Hall–Kier alpha value is -2.10. The molecule has 0 aliphatic heterocycles. The molecule has 0 radical (unpaired) electrons. The molecular weight excluding hydrogens is 208 g/mol. The highest BCUT2D eigenvalue weighted by atomic mass is 16.5. The fourth-order valence-corrected chi connectivity index (χ4v) is 1.14. The Morgan fingerprint density at radius 1 is 1.12 bits per heavy atom. The summed E-state index contributed by atoms with van der Waals surface area (Å²) in [5.74, 6) is -0.587. The predicted molar refractivity (Wildman–Crippen MR) is 58.6 cm³/mol. The van der Waals surface area contributed by atoms with Gasteiger partial charge in [-0.2, -0.15) is 0 Å². The number of esters is 2. The van der Waals surface area contributed by atoms with Gasteiger partial charge in [-0.1, -0.05) is 18.7 Å². The molecule has 0 heterocycles. The Labute approximate surface area is 93.5 Å². The summed E-state index contributed by atoms with van der Waals surface area (Å²) >= 11 is 0. The average Bonchev–Trinajstić information content (AvgIpc) is 2.27. The van der Waals surface area contributed by atoms with Crippen molar-refractivity contribution in [2.45, 2.75) is 6.92 Å². The SMILES string of the molecule is C=C(OC(C)=O)c1ccc(C(=O)OC)cc1. The van der Waals surface area contributed by atoms with Crippen LogP contribution in [0.5, 0.6) is 0 Å². The molecule has 4 heteroatoms. The zero-order chi connectivity index (χ0) is 12.1. The first kappa shape index (κ1) is 12.0. The van der Waals surface area contributed by atoms with E-state index in [0.29, 0.717) is 11.1 Å². The Balaban J connectivity index is 2.82. The van der Waals surface area contributed by atoms with Crippen molar-refractivity contribution in [1.82, 2.24) is 0 Å². The van der Waals surface area contributed by atoms with E-state index in [1.54, 1.807) is 24.3 Å². The van der Waals surface area contributed by atoms with Crippen LogP contribution in [0.3, 0.4) is 0 Å². The van der Waals surface area contributed by atoms with Crippen LogP contribution in [-0.4, -0.2) is 19.0 Å². The maximum atomic E-state index is 11.1. The molecule has 1 aromatic carbocycles. The maximum Gasteiger partial charge on any atom is 0.337 e. The van der Waals surface area contributed by atoms with Gasteiger partial charge in [0.25, 0.3) is 0 Å². The van der Waals surface area contributed by atoms with E-state index >= 15 is 0 Å². The third-order valence-corrected chi connectivity index (χ3v) is 1.89. The third-order valence-electron chi connectivity index (χ3n) is 1.89. The van der Waals surface area contributed by atoms with Crippen LogP contribution in [-0.2, 0) is 14.3 Å². The van der Waals surface area contributed by atoms with Gasteiger partial charge >= 0.3 is 11.9 Å². The largest absolute Gasteiger partial charge is 0.465 e. The number of hydrogen-bond donors (Lipinski definition) is 0. The molecule has 0 aliphatic rings. The lowest BCUT2D eigenvalue weighted by Gasteiger charge is -2.05. The quantitative estimate of drug-likeness (QED) is 0.577. The van der Waals surface area contributed by atoms with Gasteiger partial charge in [0.15, 0.2) is 0 Å². The number of rotatable bonds is 3. The Morgan fingerprint density at radius 2 is 1.62 bits per heavy atom. The number of ether oxygens (including phenoxy) is 2. The molecule has 0 saturated heterocycles. The normalized spacial score (nSPS) is 9.38. The number of carbonyl (C=O) groups excluding carboxylic acids is 2. The third kappa shape index (κ3) is 2.95. The predicted octanol–water partition coefficient (Wildman–Crippen LogP) is 2.01. The zero-order valence-electron chi connectivity index (χ0n) is 9.15. The lowest BCUT2D eigenvalue weighted by Crippen LogP contribution is -2.01. The molecule has 0 atom stereocenters. The van der Waals surface area contributed by atoms with Crippen molar-refractivity contribution >= 4 is 17.7 Å². The zero-order valence-corrected chi connectivity index (χ0v) is 9.15. The summed E-state index contributed by atoms with van der Waals surface area (Å²) in [6.45, 7) is 4.90. The molecular formula is C12H12O4. The van der Waals surface area contributed by atoms with Gasteiger partial charge in [-0.25, -0.2) is 4.79 Å². The molecule has 0 spiro atoms. The molecule has 0 fully saturated rings. The molecule has 0 saturated carbocycles. The minimum absolute atomic E-state index is 0.254. The highest BCUT2D eigenvalue weighted by molar-refractivity contribution is 5.89. The molecule has 0 N–H and O–H groups in total. The summed E-state index contributed by atoms with van der Waals surface area (Å²) in [7, 11) is 1.31. The molecule has 16 heavy (non-hydrogen) atoms. The Morgan fingerprint density at radius 3 is 2.06 bits per heavy atom. The van der Waals surface area contributed by atoms with E-state index in [4.69, 9.17) is 4.74 Å². The molecule has 0 aliphatic carbocycles. The summed E-state index contributed by atoms with van der Waals surface area (Å²) in [5.41, 5.74) is 1.07. The van der Waals surface area contributed by atoms with Gasteiger partial charge in [0, 0.05) is 12.5 Å². The Bertz CT molecular complexity index is 417. The van der Waals surface area contributed by atoms with Crippen LogP contribution in [0.25, 0.3) is 5.76 Å². The van der Waals surface area contributed by atoms with Crippen molar-refractivity contribution in [1.29, 1.82) is 0 Å². The van der Waals surface area contributed by atoms with Crippen molar-refractivity contribution in [2.75, 3.05) is 7.11 Å². The Kier molecular flexibility index (Phi) is 3.83. The first-order valence-electron chi connectivity index (χ1n) is 4.60. The van der Waals surface area contributed by atoms with E-state index < -0.39 is 11.9 Å². The first-order chi connectivity index (χ1) is 7.54. The minimum Gasteiger partial charge on any atom is -0.465 e. The highest BCUT2D eigenvalue weighted by Crippen LogP contribution is 2.15. The van der Waals surface area contributed by atoms with E-state index in [9.17, 15) is 9.59 Å². The van der Waals surface area contributed by atoms with Gasteiger partial charge in [0.2, 0.25) is 0 Å². The van der Waals surface area contributed by atoms with Gasteiger partial charge < -0.3 is 9.47 Å². The molecule has 4 nitrogen and oxygen atoms in total. The van der Waals surface area contributed by atoms with E-state index in [1.165, 1.54) is 14.0 Å². The standard InChI is InChI=1S/C12H12O4/c1-8(16-9(2)13)10-4-6-11(7-5-10)12(14)15-3/h4-7H,1H2,2-3H3. The average molecular weight is 220 g/mol. The molecule has 1 rings (SSSR count). The van der Waals surface area contributed by atoms with Crippen LogP contribution in [0.1, 0.15) is 22.8 Å². The number of methoxy groups -OCH3 is 1. The molecule has 0 amide bonds. The summed E-state index contributed by atoms with van der Waals surface area (Å²) in [6.07, 6.45) is 0. The molecule has 0 unspecified atom stereocenters. The van der Waals surface area contributed by atoms with Crippen molar-refractivity contribution < 1.29 is 19.1 Å². The second-order valence-corrected chi connectivity index (χ2v) is 3.09. The van der Waals surface area contributed by atoms with Crippen LogP contribution in [0.2, 0.25) is 0 Å². The number of carbonyl (C=O) groups is 2. The summed E-state index contributed by atoms with van der Waals surface area (Å²) in [4.78, 5) is 21.8. The molecule has 1 aromatic rings. The lowest BCUT2D eigenvalue weighted by atomic mass is 10.1. The van der Waals surface area contributed by atoms with E-state index in [0.717, 1.165) is 0 Å². The highest BCUT2D eigenvalue weighted by Gasteiger charge is 2.07. The van der Waals surface area contributed by atoms with Gasteiger partial charge in [-0.05, 0) is 12.1 Å². The van der Waals surface area contributed by atoms with Crippen LogP contribution >= 0.6 is 0 Å². The van der Waals surface area contributed by atoms with Gasteiger partial charge in [-0.15, -0.1) is 0 Å². The maximum absolute atomic E-state index is 11.1. The van der Waals surface area contributed by atoms with E-state index in [2.05, 4.69) is 11.3 Å². The second kappa shape index (κ2) is 5.11. The lowest BCUT2D eigenvalue weighted by molar-refractivity contribution is -0.134. The topological polar surface area (TPSA) is 52.6 Å². The fraction of sp³-hybridized carbons (Fsp3) is 0.167. The van der Waals surface area contributed by atoms with Gasteiger partial charge in [0.1, 0.15) is 5.76 Å². The van der Waals surface area contributed by atoms with Crippen molar-refractivity contribution in [3.8, 4) is 0 Å². The van der Waals surface area contributed by atoms with Crippen molar-refractivity contribution in [2.24, 2.45) is 0 Å². The molecule has 84 valence electrons. The monoisotopic (exact) mass is 220 g/mol. The van der Waals surface area contributed by atoms with Crippen LogP contribution in [0.4, 0.5) is 0 Å². The van der Waals surface area contributed by atoms with Gasteiger partial charge in [0.05, 0.1) is 12.7 Å². The summed E-state index contributed by atoms with van der Waals surface area (Å²) in [5, 5.41) is 0. The first-order valence-corrected chi connectivity index (χ1v) is 4.60. The van der Waals surface area contributed by atoms with Crippen molar-refractivity contribution in [3.63, 3.8) is 0 Å². The summed E-state index contributed by atoms with van der Waals surface area (Å²) in [6, 6.07) is 6.43. The van der Waals surface area contributed by atoms with Crippen LogP contribution in [0, 0.1) is 0 Å². The fourth-order valence-electron chi connectivity index (χ4n) is 1.14. The summed E-state index contributed by atoms with van der Waals surface area (Å²) < 4.78 is 9.37.